The average Bonchev–Trinajstić information content (AvgIpc) is 2.75. The summed E-state index contributed by atoms with van der Waals surface area (Å²) in [6, 6.07) is 2.34. The van der Waals surface area contributed by atoms with Crippen LogP contribution in [0.3, 0.4) is 0 Å². The van der Waals surface area contributed by atoms with E-state index in [9.17, 15) is 0 Å². The minimum absolute atomic E-state index is 0.397. The number of thioether (sulfide) groups is 1. The van der Waals surface area contributed by atoms with Crippen LogP contribution < -0.4 is 5.32 Å². The van der Waals surface area contributed by atoms with Crippen molar-refractivity contribution >= 4 is 11.8 Å². The fourth-order valence-electron chi connectivity index (χ4n) is 1.66. The van der Waals surface area contributed by atoms with Crippen LogP contribution in [0.25, 0.3) is 0 Å². The molecule has 1 aromatic heterocycles. The van der Waals surface area contributed by atoms with E-state index < -0.39 is 5.54 Å². The highest BCUT2D eigenvalue weighted by Gasteiger charge is 2.21. The number of nitriles is 1. The van der Waals surface area contributed by atoms with E-state index in [4.69, 9.17) is 5.26 Å². The number of unbranched alkanes of at least 4 members (excludes halogenated alkanes) is 1. The van der Waals surface area contributed by atoms with Crippen LogP contribution in [0, 0.1) is 11.3 Å². The number of hydrogen-bond acceptors (Lipinski definition) is 6. The van der Waals surface area contributed by atoms with E-state index in [1.807, 2.05) is 20.9 Å². The highest BCUT2D eigenvalue weighted by Crippen LogP contribution is 2.18. The van der Waals surface area contributed by atoms with E-state index in [-0.39, 0.29) is 0 Å². The largest absolute Gasteiger partial charge is 0.300 e. The molecule has 1 heterocycles. The van der Waals surface area contributed by atoms with Crippen molar-refractivity contribution in [2.24, 2.45) is 7.05 Å². The van der Waals surface area contributed by atoms with E-state index in [0.29, 0.717) is 0 Å². The molecule has 0 fully saturated rings. The molecule has 6 nitrogen and oxygen atoms in total. The summed E-state index contributed by atoms with van der Waals surface area (Å²) in [6.07, 6.45) is 2.95. The van der Waals surface area contributed by atoms with Crippen LogP contribution in [0.5, 0.6) is 0 Å². The second kappa shape index (κ2) is 7.34. The number of nitrogens with zero attached hydrogens (tertiary/aromatic N) is 5. The van der Waals surface area contributed by atoms with E-state index in [1.54, 1.807) is 16.4 Å². The van der Waals surface area contributed by atoms with Gasteiger partial charge in [-0.2, -0.15) is 5.26 Å². The first-order valence-corrected chi connectivity index (χ1v) is 7.11. The van der Waals surface area contributed by atoms with Crippen LogP contribution in [0.1, 0.15) is 33.1 Å². The molecule has 0 amide bonds. The van der Waals surface area contributed by atoms with Crippen LogP contribution in [0.4, 0.5) is 0 Å². The molecule has 0 aliphatic heterocycles. The second-order valence-corrected chi connectivity index (χ2v) is 5.43. The summed E-state index contributed by atoms with van der Waals surface area (Å²) in [5.74, 6) is 0.974. The van der Waals surface area contributed by atoms with Gasteiger partial charge in [0.1, 0.15) is 5.54 Å². The highest BCUT2D eigenvalue weighted by molar-refractivity contribution is 7.99. The molecular weight excluding hydrogens is 248 g/mol. The quantitative estimate of drug-likeness (QED) is 0.566. The summed E-state index contributed by atoms with van der Waals surface area (Å²) < 4.78 is 1.67. The lowest BCUT2D eigenvalue weighted by Crippen LogP contribution is -2.40. The first kappa shape index (κ1) is 14.9. The molecule has 0 aromatic carbocycles. The molecule has 1 N–H and O–H groups in total. The van der Waals surface area contributed by atoms with Gasteiger partial charge < -0.3 is 0 Å². The summed E-state index contributed by atoms with van der Waals surface area (Å²) in [4.78, 5) is 0. The number of rotatable bonds is 8. The Labute approximate surface area is 112 Å². The van der Waals surface area contributed by atoms with Crippen molar-refractivity contribution in [1.29, 1.82) is 5.26 Å². The highest BCUT2D eigenvalue weighted by atomic mass is 32.2. The van der Waals surface area contributed by atoms with E-state index >= 15 is 0 Å². The minimum Gasteiger partial charge on any atom is -0.300 e. The SMILES string of the molecule is CCNC(C)(C#N)CCCCSc1nnnn1C. The zero-order valence-corrected chi connectivity index (χ0v) is 12.0. The van der Waals surface area contributed by atoms with Gasteiger partial charge in [-0.15, -0.1) is 5.10 Å². The van der Waals surface area contributed by atoms with Crippen molar-refractivity contribution in [2.75, 3.05) is 12.3 Å². The van der Waals surface area contributed by atoms with Gasteiger partial charge in [-0.1, -0.05) is 18.7 Å². The lowest BCUT2D eigenvalue weighted by atomic mass is 9.97. The van der Waals surface area contributed by atoms with Crippen LogP contribution in [-0.2, 0) is 7.05 Å². The smallest absolute Gasteiger partial charge is 0.209 e. The molecule has 1 aromatic rings. The number of hydrogen-bond donors (Lipinski definition) is 1. The molecule has 0 saturated heterocycles. The Morgan fingerprint density at radius 2 is 2.28 bits per heavy atom. The summed E-state index contributed by atoms with van der Waals surface area (Å²) >= 11 is 1.65. The number of nitrogens with one attached hydrogen (secondary N) is 1. The van der Waals surface area contributed by atoms with Gasteiger partial charge in [0.05, 0.1) is 6.07 Å². The monoisotopic (exact) mass is 268 g/mol. The van der Waals surface area contributed by atoms with E-state index in [1.165, 1.54) is 0 Å². The Bertz CT molecular complexity index is 398. The van der Waals surface area contributed by atoms with Gasteiger partial charge in [0.15, 0.2) is 0 Å². The molecule has 1 rings (SSSR count). The van der Waals surface area contributed by atoms with Gasteiger partial charge in [-0.3, -0.25) is 5.32 Å². The Balaban J connectivity index is 2.19. The summed E-state index contributed by atoms with van der Waals surface area (Å²) in [7, 11) is 1.83. The van der Waals surface area contributed by atoms with Crippen LogP contribution in [-0.4, -0.2) is 38.0 Å². The summed E-state index contributed by atoms with van der Waals surface area (Å²) in [5.41, 5.74) is -0.397. The normalized spacial score (nSPS) is 14.1. The molecular formula is C11H20N6S. The predicted octanol–water partition coefficient (Wildman–Crippen LogP) is 1.36. The minimum atomic E-state index is -0.397. The van der Waals surface area contributed by atoms with Crippen molar-refractivity contribution in [2.45, 2.75) is 43.8 Å². The number of aromatic nitrogens is 4. The van der Waals surface area contributed by atoms with Crippen molar-refractivity contribution < 1.29 is 0 Å². The topological polar surface area (TPSA) is 79.4 Å². The first-order chi connectivity index (χ1) is 8.61. The van der Waals surface area contributed by atoms with Gasteiger partial charge in [0.25, 0.3) is 0 Å². The standard InChI is InChI=1S/C11H20N6S/c1-4-13-11(2,9-12)7-5-6-8-18-10-14-15-16-17(10)3/h13H,4-8H2,1-3H3. The van der Waals surface area contributed by atoms with Crippen LogP contribution in [0.15, 0.2) is 5.16 Å². The van der Waals surface area contributed by atoms with Crippen molar-refractivity contribution in [3.63, 3.8) is 0 Å². The predicted molar refractivity (Wildman–Crippen MR) is 71.1 cm³/mol. The molecule has 1 unspecified atom stereocenters. The number of aryl methyl sites for hydroxylation is 1. The van der Waals surface area contributed by atoms with Crippen molar-refractivity contribution in [3.05, 3.63) is 0 Å². The third kappa shape index (κ3) is 4.63. The molecule has 0 spiro atoms. The third-order valence-corrected chi connectivity index (χ3v) is 3.79. The fraction of sp³-hybridized carbons (Fsp3) is 0.818. The van der Waals surface area contributed by atoms with Crippen LogP contribution >= 0.6 is 11.8 Å². The molecule has 0 radical (unpaired) electrons. The summed E-state index contributed by atoms with van der Waals surface area (Å²) in [6.45, 7) is 4.80. The maximum atomic E-state index is 9.11. The lowest BCUT2D eigenvalue weighted by Gasteiger charge is -2.22. The lowest BCUT2D eigenvalue weighted by molar-refractivity contribution is 0.415. The van der Waals surface area contributed by atoms with Gasteiger partial charge in [-0.05, 0) is 43.2 Å². The number of tetrazole rings is 1. The Morgan fingerprint density at radius 1 is 1.50 bits per heavy atom. The Hall–Kier alpha value is -1.13. The van der Waals surface area contributed by atoms with Gasteiger partial charge in [0.2, 0.25) is 5.16 Å². The molecule has 0 saturated carbocycles. The van der Waals surface area contributed by atoms with E-state index in [2.05, 4.69) is 26.9 Å². The molecule has 0 bridgehead atoms. The van der Waals surface area contributed by atoms with Gasteiger partial charge >= 0.3 is 0 Å². The Kier molecular flexibility index (Phi) is 6.09. The van der Waals surface area contributed by atoms with Gasteiger partial charge in [-0.25, -0.2) is 4.68 Å². The second-order valence-electron chi connectivity index (χ2n) is 4.36. The summed E-state index contributed by atoms with van der Waals surface area (Å²) in [5, 5.41) is 24.4. The third-order valence-electron chi connectivity index (χ3n) is 2.70. The molecule has 0 aliphatic carbocycles. The first-order valence-electron chi connectivity index (χ1n) is 6.13. The average molecular weight is 268 g/mol. The maximum Gasteiger partial charge on any atom is 0.209 e. The van der Waals surface area contributed by atoms with Crippen molar-refractivity contribution in [1.82, 2.24) is 25.5 Å². The zero-order chi connectivity index (χ0) is 13.4. The molecule has 0 aliphatic rings. The molecule has 100 valence electrons. The van der Waals surface area contributed by atoms with E-state index in [0.717, 1.165) is 36.7 Å². The molecule has 1 atom stereocenters. The fourth-order valence-corrected chi connectivity index (χ4v) is 2.51. The van der Waals surface area contributed by atoms with Gasteiger partial charge in [0, 0.05) is 12.8 Å². The van der Waals surface area contributed by atoms with Crippen LogP contribution in [0.2, 0.25) is 0 Å². The van der Waals surface area contributed by atoms with Crippen molar-refractivity contribution in [3.8, 4) is 6.07 Å². The molecule has 7 heteroatoms. The Morgan fingerprint density at radius 3 is 2.83 bits per heavy atom. The zero-order valence-electron chi connectivity index (χ0n) is 11.2. The maximum absolute atomic E-state index is 9.11. The molecule has 18 heavy (non-hydrogen) atoms.